The molecule has 1 aromatic rings. The first-order chi connectivity index (χ1) is 16.1. The summed E-state index contributed by atoms with van der Waals surface area (Å²) in [7, 11) is 0. The zero-order chi connectivity index (χ0) is 24.5. The largest absolute Gasteiger partial charge is 0.478 e. The summed E-state index contributed by atoms with van der Waals surface area (Å²) in [6.45, 7) is 9.16. The van der Waals surface area contributed by atoms with Gasteiger partial charge in [-0.2, -0.15) is 0 Å². The number of carbonyl (C=O) groups excluding carboxylic acids is 1. The van der Waals surface area contributed by atoms with Crippen LogP contribution in [0, 0.1) is 17.3 Å². The number of aliphatic imine (C=N–C) groups is 1. The van der Waals surface area contributed by atoms with Crippen LogP contribution in [0.2, 0.25) is 0 Å². The van der Waals surface area contributed by atoms with E-state index in [0.29, 0.717) is 11.8 Å². The third kappa shape index (κ3) is 4.94. The molecule has 4 rings (SSSR count). The van der Waals surface area contributed by atoms with Crippen molar-refractivity contribution < 1.29 is 14.7 Å². The van der Waals surface area contributed by atoms with Gasteiger partial charge in [0.15, 0.2) is 0 Å². The smallest absolute Gasteiger partial charge is 0.335 e. The Bertz CT molecular complexity index is 916. The van der Waals surface area contributed by atoms with E-state index >= 15 is 0 Å². The molecule has 1 spiro atoms. The molecule has 0 aromatic heterocycles. The Kier molecular flexibility index (Phi) is 7.21. The van der Waals surface area contributed by atoms with E-state index in [2.05, 4.69) is 32.6 Å². The summed E-state index contributed by atoms with van der Waals surface area (Å²) in [6.07, 6.45) is 11.5. The van der Waals surface area contributed by atoms with Crippen molar-refractivity contribution in [3.05, 3.63) is 35.4 Å². The van der Waals surface area contributed by atoms with Crippen molar-refractivity contribution in [1.82, 2.24) is 4.90 Å². The van der Waals surface area contributed by atoms with Crippen molar-refractivity contribution in [3.8, 4) is 0 Å². The lowest BCUT2D eigenvalue weighted by molar-refractivity contribution is -0.134. The molecule has 2 fully saturated rings. The highest BCUT2D eigenvalue weighted by molar-refractivity contribution is 6.40. The van der Waals surface area contributed by atoms with Gasteiger partial charge in [-0.05, 0) is 73.5 Å². The van der Waals surface area contributed by atoms with Gasteiger partial charge in [0, 0.05) is 0 Å². The molecule has 5 nitrogen and oxygen atoms in total. The average molecular weight is 467 g/mol. The number of carbonyl (C=O) groups is 2. The fraction of sp³-hybridized carbons (Fsp3) is 0.690. The van der Waals surface area contributed by atoms with E-state index in [-0.39, 0.29) is 22.9 Å². The highest BCUT2D eigenvalue weighted by Gasteiger charge is 2.52. The molecular formula is C29H42N2O3. The van der Waals surface area contributed by atoms with E-state index in [1.165, 1.54) is 19.3 Å². The molecule has 1 atom stereocenters. The quantitative estimate of drug-likeness (QED) is 0.447. The molecule has 1 amide bonds. The van der Waals surface area contributed by atoms with Crippen molar-refractivity contribution in [2.45, 2.75) is 110 Å². The lowest BCUT2D eigenvalue weighted by atomic mass is 9.69. The van der Waals surface area contributed by atoms with E-state index in [1.54, 1.807) is 12.1 Å². The SMILES string of the molecule is CCCC[C@H](c1ccc(C(=O)O)cc1)N1C(=O)C(CC2CCC2)=NC12CCC(C(C)(C)C)CC2. The number of hydrogen-bond acceptors (Lipinski definition) is 3. The van der Waals surface area contributed by atoms with Crippen molar-refractivity contribution in [3.63, 3.8) is 0 Å². The molecule has 186 valence electrons. The van der Waals surface area contributed by atoms with Crippen LogP contribution in [0.3, 0.4) is 0 Å². The number of carboxylic acid groups (broad SMARTS) is 1. The maximum atomic E-state index is 14.0. The highest BCUT2D eigenvalue weighted by atomic mass is 16.4. The number of nitrogens with zero attached hydrogens (tertiary/aromatic N) is 2. The summed E-state index contributed by atoms with van der Waals surface area (Å²) in [5.41, 5.74) is 1.93. The Hall–Kier alpha value is -2.17. The van der Waals surface area contributed by atoms with Gasteiger partial charge in [-0.15, -0.1) is 0 Å². The second-order valence-electron chi connectivity index (χ2n) is 11.9. The molecule has 0 unspecified atom stereocenters. The van der Waals surface area contributed by atoms with Crippen LogP contribution in [0.25, 0.3) is 0 Å². The summed E-state index contributed by atoms with van der Waals surface area (Å²) in [5.74, 6) is 0.459. The van der Waals surface area contributed by atoms with Gasteiger partial charge >= 0.3 is 5.97 Å². The molecule has 0 radical (unpaired) electrons. The number of amides is 1. The number of hydrogen-bond donors (Lipinski definition) is 1. The van der Waals surface area contributed by atoms with Crippen LogP contribution in [-0.4, -0.2) is 33.3 Å². The second-order valence-corrected chi connectivity index (χ2v) is 11.9. The van der Waals surface area contributed by atoms with E-state index < -0.39 is 11.6 Å². The van der Waals surface area contributed by atoms with Crippen LogP contribution in [0.15, 0.2) is 29.3 Å². The summed E-state index contributed by atoms with van der Waals surface area (Å²) in [4.78, 5) is 32.8. The van der Waals surface area contributed by atoms with Crippen LogP contribution in [0.4, 0.5) is 0 Å². The fourth-order valence-electron chi connectivity index (χ4n) is 6.20. The van der Waals surface area contributed by atoms with Gasteiger partial charge in [0.25, 0.3) is 5.91 Å². The van der Waals surface area contributed by atoms with Crippen LogP contribution >= 0.6 is 0 Å². The van der Waals surface area contributed by atoms with Crippen LogP contribution < -0.4 is 0 Å². The van der Waals surface area contributed by atoms with Gasteiger partial charge in [0.05, 0.1) is 11.6 Å². The molecule has 2 saturated carbocycles. The topological polar surface area (TPSA) is 70.0 Å². The van der Waals surface area contributed by atoms with Gasteiger partial charge in [-0.1, -0.05) is 71.9 Å². The fourth-order valence-corrected chi connectivity index (χ4v) is 6.20. The third-order valence-corrected chi connectivity index (χ3v) is 8.66. The standard InChI is InChI=1S/C29H42N2O3/c1-5-6-10-25(21-11-13-22(14-12-21)27(33)34)31-26(32)24(19-20-8-7-9-20)30-29(31)17-15-23(16-18-29)28(2,3)4/h11-14,20,23,25H,5-10,15-19H2,1-4H3,(H,33,34)/t23?,25-,29?/m1/s1. The molecule has 0 saturated heterocycles. The summed E-state index contributed by atoms with van der Waals surface area (Å²) >= 11 is 0. The van der Waals surface area contributed by atoms with E-state index in [4.69, 9.17) is 4.99 Å². The lowest BCUT2D eigenvalue weighted by Crippen LogP contribution is -2.51. The molecule has 1 N–H and O–H groups in total. The molecule has 34 heavy (non-hydrogen) atoms. The zero-order valence-corrected chi connectivity index (χ0v) is 21.5. The van der Waals surface area contributed by atoms with Gasteiger partial charge < -0.3 is 10.0 Å². The summed E-state index contributed by atoms with van der Waals surface area (Å²) in [6, 6.07) is 7.11. The molecule has 1 heterocycles. The number of rotatable bonds is 8. The van der Waals surface area contributed by atoms with Gasteiger partial charge in [-0.3, -0.25) is 9.79 Å². The molecular weight excluding hydrogens is 424 g/mol. The van der Waals surface area contributed by atoms with Crippen molar-refractivity contribution in [2.24, 2.45) is 22.2 Å². The number of unbranched alkanes of at least 4 members (excludes halogenated alkanes) is 1. The first-order valence-electron chi connectivity index (χ1n) is 13.4. The average Bonchev–Trinajstić information content (AvgIpc) is 3.02. The minimum atomic E-state index is -0.919. The Labute approximate surface area is 205 Å². The highest BCUT2D eigenvalue weighted by Crippen LogP contribution is 2.50. The molecule has 1 aliphatic heterocycles. The number of aromatic carboxylic acids is 1. The Morgan fingerprint density at radius 1 is 1.15 bits per heavy atom. The van der Waals surface area contributed by atoms with Crippen LogP contribution in [0.1, 0.15) is 120 Å². The van der Waals surface area contributed by atoms with Crippen LogP contribution in [-0.2, 0) is 4.79 Å². The minimum Gasteiger partial charge on any atom is -0.478 e. The molecule has 0 bridgehead atoms. The predicted molar refractivity (Wildman–Crippen MR) is 136 cm³/mol. The van der Waals surface area contributed by atoms with E-state index in [1.807, 2.05) is 12.1 Å². The summed E-state index contributed by atoms with van der Waals surface area (Å²) < 4.78 is 0. The monoisotopic (exact) mass is 466 g/mol. The van der Waals surface area contributed by atoms with Crippen molar-refractivity contribution in [2.75, 3.05) is 0 Å². The predicted octanol–water partition coefficient (Wildman–Crippen LogP) is 7.02. The first kappa shape index (κ1) is 24.9. The Balaban J connectivity index is 1.68. The summed E-state index contributed by atoms with van der Waals surface area (Å²) in [5, 5.41) is 9.36. The van der Waals surface area contributed by atoms with Gasteiger partial charge in [-0.25, -0.2) is 4.79 Å². The lowest BCUT2D eigenvalue weighted by Gasteiger charge is -2.47. The number of benzene rings is 1. The van der Waals surface area contributed by atoms with Crippen LogP contribution in [0.5, 0.6) is 0 Å². The van der Waals surface area contributed by atoms with Gasteiger partial charge in [0.2, 0.25) is 0 Å². The zero-order valence-electron chi connectivity index (χ0n) is 21.5. The Morgan fingerprint density at radius 3 is 2.29 bits per heavy atom. The maximum Gasteiger partial charge on any atom is 0.335 e. The molecule has 2 aliphatic carbocycles. The normalized spacial score (nSPS) is 26.5. The van der Waals surface area contributed by atoms with E-state index in [0.717, 1.165) is 62.6 Å². The first-order valence-corrected chi connectivity index (χ1v) is 13.4. The maximum absolute atomic E-state index is 14.0. The second kappa shape index (κ2) is 9.83. The van der Waals surface area contributed by atoms with E-state index in [9.17, 15) is 14.7 Å². The number of carboxylic acids is 1. The Morgan fingerprint density at radius 2 is 1.79 bits per heavy atom. The molecule has 3 aliphatic rings. The third-order valence-electron chi connectivity index (χ3n) is 8.66. The van der Waals surface area contributed by atoms with Crippen molar-refractivity contribution in [1.29, 1.82) is 0 Å². The van der Waals surface area contributed by atoms with Crippen molar-refractivity contribution >= 4 is 17.6 Å². The van der Waals surface area contributed by atoms with Gasteiger partial charge in [0.1, 0.15) is 11.4 Å². The minimum absolute atomic E-state index is 0.0656. The molecule has 5 heteroatoms. The molecule has 1 aromatic carbocycles.